The van der Waals surface area contributed by atoms with Gasteiger partial charge in [-0.2, -0.15) is 0 Å². The number of furan rings is 2. The van der Waals surface area contributed by atoms with Crippen LogP contribution in [0.2, 0.25) is 0 Å². The molecule has 298 valence electrons. The standard InChI is InChI=1S/C57H32N4O2S/c1-3-14-33(15-4-1)55-58-56(34-16-5-2-6-17-34)60-57(59-55)43-30-28-41-40-21-13-23-46(52(40)63-53(41)50(43)35-26-31-48-44(32-35)37-19-8-11-24-47(37)62-48)61-45-22-10-7-18-36(45)39-27-29-42-38-20-9-12-25-49(38)64-54(42)51(39)61/h1-32H. The van der Waals surface area contributed by atoms with Crippen LogP contribution in [0.15, 0.2) is 203 Å². The van der Waals surface area contributed by atoms with Crippen molar-refractivity contribution in [3.8, 4) is 51.0 Å². The first-order valence-electron chi connectivity index (χ1n) is 21.3. The average molecular weight is 837 g/mol. The van der Waals surface area contributed by atoms with Crippen molar-refractivity contribution in [2.75, 3.05) is 0 Å². The van der Waals surface area contributed by atoms with Crippen molar-refractivity contribution < 1.29 is 8.83 Å². The summed E-state index contributed by atoms with van der Waals surface area (Å²) in [4.78, 5) is 15.5. The van der Waals surface area contributed by atoms with Crippen molar-refractivity contribution >= 4 is 97.2 Å². The van der Waals surface area contributed by atoms with Crippen LogP contribution in [0.4, 0.5) is 0 Å². The van der Waals surface area contributed by atoms with E-state index in [0.717, 1.165) is 82.9 Å². The number of para-hydroxylation sites is 3. The van der Waals surface area contributed by atoms with Crippen molar-refractivity contribution in [1.82, 2.24) is 19.5 Å². The third kappa shape index (κ3) is 5.16. The summed E-state index contributed by atoms with van der Waals surface area (Å²) in [6.45, 7) is 0. The molecule has 0 saturated carbocycles. The second-order valence-electron chi connectivity index (χ2n) is 16.3. The second-order valence-corrected chi connectivity index (χ2v) is 17.3. The lowest BCUT2D eigenvalue weighted by atomic mass is 9.95. The van der Waals surface area contributed by atoms with E-state index in [2.05, 4.69) is 126 Å². The normalized spacial score (nSPS) is 12.1. The number of hydrogen-bond donors (Lipinski definition) is 0. The van der Waals surface area contributed by atoms with E-state index in [-0.39, 0.29) is 0 Å². The van der Waals surface area contributed by atoms with Crippen molar-refractivity contribution in [1.29, 1.82) is 0 Å². The van der Waals surface area contributed by atoms with Crippen LogP contribution in [0.1, 0.15) is 0 Å². The largest absolute Gasteiger partial charge is 0.456 e. The monoisotopic (exact) mass is 836 g/mol. The summed E-state index contributed by atoms with van der Waals surface area (Å²) >= 11 is 1.85. The maximum atomic E-state index is 7.42. The maximum Gasteiger partial charge on any atom is 0.164 e. The number of rotatable bonds is 5. The van der Waals surface area contributed by atoms with Crippen molar-refractivity contribution in [3.63, 3.8) is 0 Å². The van der Waals surface area contributed by atoms with Crippen LogP contribution in [0.5, 0.6) is 0 Å². The smallest absolute Gasteiger partial charge is 0.164 e. The molecule has 5 aromatic heterocycles. The molecule has 0 spiro atoms. The Hall–Kier alpha value is -8.39. The van der Waals surface area contributed by atoms with Crippen LogP contribution in [0.3, 0.4) is 0 Å². The topological polar surface area (TPSA) is 69.9 Å². The van der Waals surface area contributed by atoms with E-state index in [1.54, 1.807) is 0 Å². The minimum atomic E-state index is 0.553. The Labute approximate surface area is 368 Å². The number of hydrogen-bond acceptors (Lipinski definition) is 6. The second kappa shape index (κ2) is 13.6. The lowest BCUT2D eigenvalue weighted by Crippen LogP contribution is -2.01. The van der Waals surface area contributed by atoms with E-state index >= 15 is 0 Å². The Morgan fingerprint density at radius 1 is 0.391 bits per heavy atom. The Bertz CT molecular complexity index is 4140. The highest BCUT2D eigenvalue weighted by Crippen LogP contribution is 2.47. The average Bonchev–Trinajstić information content (AvgIpc) is 4.13. The summed E-state index contributed by atoms with van der Waals surface area (Å²) in [5.41, 5.74) is 11.0. The van der Waals surface area contributed by atoms with Gasteiger partial charge in [0, 0.05) is 70.0 Å². The first-order chi connectivity index (χ1) is 31.7. The van der Waals surface area contributed by atoms with Gasteiger partial charge in [-0.15, -0.1) is 11.3 Å². The molecular formula is C57H32N4O2S. The van der Waals surface area contributed by atoms with Gasteiger partial charge >= 0.3 is 0 Å². The van der Waals surface area contributed by atoms with Crippen LogP contribution in [0.25, 0.3) is 137 Å². The molecule has 0 amide bonds. The van der Waals surface area contributed by atoms with E-state index in [4.69, 9.17) is 23.8 Å². The third-order valence-corrected chi connectivity index (χ3v) is 13.9. The van der Waals surface area contributed by atoms with Gasteiger partial charge in [0.1, 0.15) is 16.7 Å². The quantitative estimate of drug-likeness (QED) is 0.173. The SMILES string of the molecule is c1ccc(-c2nc(-c3ccccc3)nc(-c3ccc4c(oc5c(-n6c7ccccc7c7ccc8c9ccccc9sc8c76)cccc54)c3-c3ccc4oc5ccccc5c4c3)n2)cc1. The molecule has 0 aliphatic carbocycles. The van der Waals surface area contributed by atoms with Crippen LogP contribution >= 0.6 is 11.3 Å². The number of thiophene rings is 1. The molecule has 0 saturated heterocycles. The summed E-state index contributed by atoms with van der Waals surface area (Å²) in [5, 5.41) is 9.04. The van der Waals surface area contributed by atoms with Crippen LogP contribution < -0.4 is 0 Å². The molecule has 5 heterocycles. The van der Waals surface area contributed by atoms with Gasteiger partial charge in [-0.25, -0.2) is 15.0 Å². The molecule has 0 radical (unpaired) electrons. The number of benzene rings is 9. The van der Waals surface area contributed by atoms with Gasteiger partial charge in [-0.1, -0.05) is 146 Å². The molecule has 14 rings (SSSR count). The Morgan fingerprint density at radius 3 is 1.83 bits per heavy atom. The molecule has 7 heteroatoms. The minimum Gasteiger partial charge on any atom is -0.456 e. The molecular weight excluding hydrogens is 805 g/mol. The van der Waals surface area contributed by atoms with Gasteiger partial charge in [-0.3, -0.25) is 0 Å². The summed E-state index contributed by atoms with van der Waals surface area (Å²) in [5.74, 6) is 1.74. The van der Waals surface area contributed by atoms with Crippen LogP contribution in [-0.4, -0.2) is 19.5 Å². The Kier molecular flexibility index (Phi) is 7.46. The van der Waals surface area contributed by atoms with Crippen molar-refractivity contribution in [3.05, 3.63) is 194 Å². The zero-order valence-electron chi connectivity index (χ0n) is 34.0. The zero-order valence-corrected chi connectivity index (χ0v) is 34.8. The molecule has 0 bridgehead atoms. The highest BCUT2D eigenvalue weighted by molar-refractivity contribution is 7.26. The lowest BCUT2D eigenvalue weighted by molar-refractivity contribution is 0.667. The maximum absolute atomic E-state index is 7.42. The molecule has 64 heavy (non-hydrogen) atoms. The van der Waals surface area contributed by atoms with Crippen molar-refractivity contribution in [2.45, 2.75) is 0 Å². The van der Waals surface area contributed by atoms with E-state index in [1.807, 2.05) is 84.1 Å². The van der Waals surface area contributed by atoms with Gasteiger partial charge < -0.3 is 13.4 Å². The molecule has 0 aliphatic rings. The molecule has 9 aromatic carbocycles. The molecule has 0 atom stereocenters. The van der Waals surface area contributed by atoms with Crippen LogP contribution in [0, 0.1) is 0 Å². The Morgan fingerprint density at radius 2 is 1.02 bits per heavy atom. The molecule has 0 aliphatic heterocycles. The van der Waals surface area contributed by atoms with Gasteiger partial charge in [0.25, 0.3) is 0 Å². The first kappa shape index (κ1) is 35.2. The predicted octanol–water partition coefficient (Wildman–Crippen LogP) is 15.8. The third-order valence-electron chi connectivity index (χ3n) is 12.7. The van der Waals surface area contributed by atoms with Crippen molar-refractivity contribution in [2.24, 2.45) is 0 Å². The van der Waals surface area contributed by atoms with Gasteiger partial charge in [0.05, 0.1) is 21.4 Å². The fourth-order valence-electron chi connectivity index (χ4n) is 9.79. The fraction of sp³-hybridized carbons (Fsp3) is 0. The highest BCUT2D eigenvalue weighted by atomic mass is 32.1. The Balaban J connectivity index is 1.09. The first-order valence-corrected chi connectivity index (χ1v) is 22.2. The molecule has 0 fully saturated rings. The van der Waals surface area contributed by atoms with E-state index in [9.17, 15) is 0 Å². The predicted molar refractivity (Wildman–Crippen MR) is 263 cm³/mol. The number of fused-ring (bicyclic) bond motifs is 13. The molecule has 6 nitrogen and oxygen atoms in total. The fourth-order valence-corrected chi connectivity index (χ4v) is 11.0. The van der Waals surface area contributed by atoms with E-state index in [0.29, 0.717) is 17.5 Å². The van der Waals surface area contributed by atoms with Gasteiger partial charge in [0.15, 0.2) is 23.1 Å². The van der Waals surface area contributed by atoms with Gasteiger partial charge in [-0.05, 0) is 54.1 Å². The summed E-state index contributed by atoms with van der Waals surface area (Å²) in [6, 6.07) is 67.6. The highest BCUT2D eigenvalue weighted by Gasteiger charge is 2.25. The molecule has 0 unspecified atom stereocenters. The van der Waals surface area contributed by atoms with Crippen LogP contribution in [-0.2, 0) is 0 Å². The molecule has 0 N–H and O–H groups in total. The zero-order chi connectivity index (χ0) is 41.9. The summed E-state index contributed by atoms with van der Waals surface area (Å²) < 4.78 is 18.7. The minimum absolute atomic E-state index is 0.553. The van der Waals surface area contributed by atoms with E-state index in [1.165, 1.54) is 36.5 Å². The number of aromatic nitrogens is 4. The lowest BCUT2D eigenvalue weighted by Gasteiger charge is -2.13. The molecule has 14 aromatic rings. The van der Waals surface area contributed by atoms with Gasteiger partial charge in [0.2, 0.25) is 0 Å². The summed E-state index contributed by atoms with van der Waals surface area (Å²) in [6.07, 6.45) is 0. The van der Waals surface area contributed by atoms with E-state index < -0.39 is 0 Å². The summed E-state index contributed by atoms with van der Waals surface area (Å²) in [7, 11) is 0. The number of nitrogens with zero attached hydrogens (tertiary/aromatic N) is 4.